The van der Waals surface area contributed by atoms with E-state index in [1.54, 1.807) is 7.11 Å². The van der Waals surface area contributed by atoms with Gasteiger partial charge in [-0.05, 0) is 36.7 Å². The first kappa shape index (κ1) is 15.4. The van der Waals surface area contributed by atoms with Crippen molar-refractivity contribution in [1.29, 1.82) is 0 Å². The molecular formula is C17H19F2NO. The molecule has 0 fully saturated rings. The molecule has 0 spiro atoms. The van der Waals surface area contributed by atoms with Gasteiger partial charge in [0.15, 0.2) is 0 Å². The monoisotopic (exact) mass is 291 g/mol. The average Bonchev–Trinajstić information content (AvgIpc) is 2.49. The van der Waals surface area contributed by atoms with Crippen LogP contribution in [0.4, 0.5) is 8.78 Å². The molecule has 2 nitrogen and oxygen atoms in total. The molecule has 2 rings (SSSR count). The molecule has 1 atom stereocenters. The second-order valence-electron chi connectivity index (χ2n) is 4.83. The van der Waals surface area contributed by atoms with Crippen molar-refractivity contribution < 1.29 is 13.5 Å². The van der Waals surface area contributed by atoms with E-state index in [2.05, 4.69) is 5.32 Å². The molecule has 21 heavy (non-hydrogen) atoms. The molecule has 2 aromatic carbocycles. The molecule has 0 aliphatic rings. The normalized spacial score (nSPS) is 12.2. The third-order valence-corrected chi connectivity index (χ3v) is 3.30. The molecule has 2 aromatic rings. The Kier molecular flexibility index (Phi) is 5.28. The van der Waals surface area contributed by atoms with Crippen molar-refractivity contribution in [1.82, 2.24) is 5.32 Å². The average molecular weight is 291 g/mol. The van der Waals surface area contributed by atoms with Gasteiger partial charge in [0.2, 0.25) is 0 Å². The van der Waals surface area contributed by atoms with Crippen LogP contribution in [0.25, 0.3) is 0 Å². The fourth-order valence-corrected chi connectivity index (χ4v) is 2.25. The summed E-state index contributed by atoms with van der Waals surface area (Å²) >= 11 is 0. The lowest BCUT2D eigenvalue weighted by Crippen LogP contribution is -2.24. The SMILES string of the molecule is CCCNC(c1cccc(OC)c1)c1ccc(F)cc1F. The molecule has 0 heterocycles. The van der Waals surface area contributed by atoms with Crippen molar-refractivity contribution in [3.8, 4) is 5.75 Å². The fourth-order valence-electron chi connectivity index (χ4n) is 2.25. The van der Waals surface area contributed by atoms with Crippen LogP contribution in [0.3, 0.4) is 0 Å². The van der Waals surface area contributed by atoms with Gasteiger partial charge in [-0.25, -0.2) is 8.78 Å². The van der Waals surface area contributed by atoms with Crippen LogP contribution in [0.2, 0.25) is 0 Å². The smallest absolute Gasteiger partial charge is 0.131 e. The Balaban J connectivity index is 2.41. The van der Waals surface area contributed by atoms with Crippen molar-refractivity contribution in [2.75, 3.05) is 13.7 Å². The third kappa shape index (κ3) is 3.79. The van der Waals surface area contributed by atoms with Crippen LogP contribution < -0.4 is 10.1 Å². The summed E-state index contributed by atoms with van der Waals surface area (Å²) in [6, 6.07) is 10.8. The van der Waals surface area contributed by atoms with E-state index in [4.69, 9.17) is 4.74 Å². The number of nitrogens with one attached hydrogen (secondary N) is 1. The summed E-state index contributed by atoms with van der Waals surface area (Å²) in [6.45, 7) is 2.77. The number of methoxy groups -OCH3 is 1. The zero-order valence-electron chi connectivity index (χ0n) is 12.2. The highest BCUT2D eigenvalue weighted by Crippen LogP contribution is 2.27. The Morgan fingerprint density at radius 3 is 2.62 bits per heavy atom. The van der Waals surface area contributed by atoms with Gasteiger partial charge in [0, 0.05) is 11.6 Å². The Morgan fingerprint density at radius 1 is 1.14 bits per heavy atom. The number of halogens is 2. The van der Waals surface area contributed by atoms with E-state index in [0.717, 1.165) is 24.6 Å². The predicted molar refractivity (Wildman–Crippen MR) is 79.5 cm³/mol. The summed E-state index contributed by atoms with van der Waals surface area (Å²) < 4.78 is 32.4. The molecule has 4 heteroatoms. The maximum absolute atomic E-state index is 14.1. The molecule has 112 valence electrons. The van der Waals surface area contributed by atoms with Crippen LogP contribution in [0.1, 0.15) is 30.5 Å². The minimum absolute atomic E-state index is 0.333. The molecule has 0 aliphatic carbocycles. The number of rotatable bonds is 6. The third-order valence-electron chi connectivity index (χ3n) is 3.30. The number of ether oxygens (including phenoxy) is 1. The van der Waals surface area contributed by atoms with Gasteiger partial charge in [0.05, 0.1) is 13.2 Å². The first-order valence-electron chi connectivity index (χ1n) is 6.98. The Labute approximate surface area is 123 Å². The minimum Gasteiger partial charge on any atom is -0.497 e. The summed E-state index contributed by atoms with van der Waals surface area (Å²) in [5.41, 5.74) is 1.31. The van der Waals surface area contributed by atoms with E-state index >= 15 is 0 Å². The fraction of sp³-hybridized carbons (Fsp3) is 0.294. The second kappa shape index (κ2) is 7.18. The number of benzene rings is 2. The Bertz CT molecular complexity index is 601. The van der Waals surface area contributed by atoms with Crippen LogP contribution in [-0.2, 0) is 0 Å². The van der Waals surface area contributed by atoms with Crippen LogP contribution in [0, 0.1) is 11.6 Å². The van der Waals surface area contributed by atoms with Gasteiger partial charge in [-0.1, -0.05) is 25.1 Å². The molecule has 0 bridgehead atoms. The van der Waals surface area contributed by atoms with E-state index in [9.17, 15) is 8.78 Å². The van der Waals surface area contributed by atoms with E-state index in [1.807, 2.05) is 31.2 Å². The van der Waals surface area contributed by atoms with Gasteiger partial charge in [0.1, 0.15) is 17.4 Å². The van der Waals surface area contributed by atoms with Gasteiger partial charge < -0.3 is 10.1 Å². The lowest BCUT2D eigenvalue weighted by atomic mass is 9.97. The minimum atomic E-state index is -0.573. The van der Waals surface area contributed by atoms with Crippen LogP contribution in [0.15, 0.2) is 42.5 Å². The molecule has 0 saturated heterocycles. The predicted octanol–water partition coefficient (Wildman–Crippen LogP) is 4.06. The summed E-state index contributed by atoms with van der Waals surface area (Å²) in [4.78, 5) is 0. The summed E-state index contributed by atoms with van der Waals surface area (Å²) in [5, 5.41) is 3.30. The van der Waals surface area contributed by atoms with Gasteiger partial charge in [-0.15, -0.1) is 0 Å². The van der Waals surface area contributed by atoms with Crippen molar-refractivity contribution >= 4 is 0 Å². The van der Waals surface area contributed by atoms with Crippen molar-refractivity contribution in [3.63, 3.8) is 0 Å². The molecule has 0 saturated carbocycles. The van der Waals surface area contributed by atoms with E-state index in [0.29, 0.717) is 11.3 Å². The summed E-state index contributed by atoms with van der Waals surface area (Å²) in [7, 11) is 1.59. The topological polar surface area (TPSA) is 21.3 Å². The molecule has 1 unspecified atom stereocenters. The Hall–Kier alpha value is -1.94. The highest BCUT2D eigenvalue weighted by Gasteiger charge is 2.18. The first-order valence-corrected chi connectivity index (χ1v) is 6.98. The quantitative estimate of drug-likeness (QED) is 0.866. The van der Waals surface area contributed by atoms with Gasteiger partial charge in [-0.3, -0.25) is 0 Å². The summed E-state index contributed by atoms with van der Waals surface area (Å²) in [6.07, 6.45) is 0.920. The van der Waals surface area contributed by atoms with E-state index in [-0.39, 0.29) is 6.04 Å². The first-order chi connectivity index (χ1) is 10.2. The van der Waals surface area contributed by atoms with Gasteiger partial charge in [0.25, 0.3) is 0 Å². The van der Waals surface area contributed by atoms with Crippen LogP contribution in [0.5, 0.6) is 5.75 Å². The van der Waals surface area contributed by atoms with Crippen molar-refractivity contribution in [2.45, 2.75) is 19.4 Å². The lowest BCUT2D eigenvalue weighted by Gasteiger charge is -2.20. The molecule has 0 aliphatic heterocycles. The summed E-state index contributed by atoms with van der Waals surface area (Å²) in [5.74, 6) is -0.416. The maximum atomic E-state index is 14.1. The van der Waals surface area contributed by atoms with Crippen LogP contribution in [-0.4, -0.2) is 13.7 Å². The molecule has 0 aromatic heterocycles. The van der Waals surface area contributed by atoms with Crippen molar-refractivity contribution in [3.05, 3.63) is 65.2 Å². The number of hydrogen-bond donors (Lipinski definition) is 1. The van der Waals surface area contributed by atoms with Crippen molar-refractivity contribution in [2.24, 2.45) is 0 Å². The van der Waals surface area contributed by atoms with E-state index < -0.39 is 11.6 Å². The van der Waals surface area contributed by atoms with E-state index in [1.165, 1.54) is 12.1 Å². The highest BCUT2D eigenvalue weighted by atomic mass is 19.1. The maximum Gasteiger partial charge on any atom is 0.131 e. The zero-order chi connectivity index (χ0) is 15.2. The Morgan fingerprint density at radius 2 is 1.95 bits per heavy atom. The molecule has 0 amide bonds. The standard InChI is InChI=1S/C17H19F2NO/c1-3-9-20-17(12-5-4-6-14(10-12)21-2)15-8-7-13(18)11-16(15)19/h4-8,10-11,17,20H,3,9H2,1-2H3. The molecular weight excluding hydrogens is 272 g/mol. The highest BCUT2D eigenvalue weighted by molar-refractivity contribution is 5.37. The molecule has 0 radical (unpaired) electrons. The largest absolute Gasteiger partial charge is 0.497 e. The zero-order valence-corrected chi connectivity index (χ0v) is 12.2. The lowest BCUT2D eigenvalue weighted by molar-refractivity contribution is 0.413. The molecule has 1 N–H and O–H groups in total. The van der Waals surface area contributed by atoms with Gasteiger partial charge >= 0.3 is 0 Å². The van der Waals surface area contributed by atoms with Gasteiger partial charge in [-0.2, -0.15) is 0 Å². The number of hydrogen-bond acceptors (Lipinski definition) is 2. The second-order valence-corrected chi connectivity index (χ2v) is 4.83. The van der Waals surface area contributed by atoms with Crippen LogP contribution >= 0.6 is 0 Å².